The van der Waals surface area contributed by atoms with Crippen molar-refractivity contribution < 1.29 is 19.4 Å². The highest BCUT2D eigenvalue weighted by atomic mass is 17.2. The lowest BCUT2D eigenvalue weighted by atomic mass is 9.88. The molecule has 0 aromatic heterocycles. The monoisotopic (exact) mass is 393 g/mol. The molecule has 0 saturated carbocycles. The first kappa shape index (κ1) is 20.8. The lowest BCUT2D eigenvalue weighted by molar-refractivity contribution is -0.301. The average Bonchev–Trinajstić information content (AvgIpc) is 2.72. The Morgan fingerprint density at radius 2 is 1.83 bits per heavy atom. The Hall–Kier alpha value is -2.92. The highest BCUT2D eigenvalue weighted by molar-refractivity contribution is 6.08. The molecule has 0 aliphatic heterocycles. The summed E-state index contributed by atoms with van der Waals surface area (Å²) in [5, 5.41) is 2.86. The molecule has 0 spiro atoms. The van der Waals surface area contributed by atoms with Crippen molar-refractivity contribution in [2.24, 2.45) is 0 Å². The van der Waals surface area contributed by atoms with Crippen LogP contribution in [-0.4, -0.2) is 17.5 Å². The van der Waals surface area contributed by atoms with Crippen molar-refractivity contribution in [1.29, 1.82) is 0 Å². The van der Waals surface area contributed by atoms with Crippen LogP contribution in [0.15, 0.2) is 60.7 Å². The Morgan fingerprint density at radius 1 is 1.07 bits per heavy atom. The third kappa shape index (κ3) is 5.78. The second-order valence-electron chi connectivity index (χ2n) is 8.16. The van der Waals surface area contributed by atoms with Gasteiger partial charge in [-0.05, 0) is 69.9 Å². The summed E-state index contributed by atoms with van der Waals surface area (Å²) in [5.41, 5.74) is 1.61. The second kappa shape index (κ2) is 9.05. The third-order valence-corrected chi connectivity index (χ3v) is 4.60. The Labute approximate surface area is 171 Å². The van der Waals surface area contributed by atoms with E-state index in [1.54, 1.807) is 51.1 Å². The van der Waals surface area contributed by atoms with Crippen LogP contribution in [0, 0.1) is 0 Å². The van der Waals surface area contributed by atoms with Crippen LogP contribution in [0.1, 0.15) is 72.2 Å². The molecule has 3 rings (SSSR count). The maximum absolute atomic E-state index is 12.7. The molecule has 0 radical (unpaired) electrons. The van der Waals surface area contributed by atoms with Crippen LogP contribution in [0.2, 0.25) is 0 Å². The van der Waals surface area contributed by atoms with E-state index in [0.717, 1.165) is 24.8 Å². The van der Waals surface area contributed by atoms with E-state index < -0.39 is 11.6 Å². The zero-order valence-corrected chi connectivity index (χ0v) is 17.1. The first-order chi connectivity index (χ1) is 13.8. The predicted octanol–water partition coefficient (Wildman–Crippen LogP) is 5.65. The zero-order chi connectivity index (χ0) is 20.9. The van der Waals surface area contributed by atoms with Gasteiger partial charge in [0.15, 0.2) is 0 Å². The number of rotatable bonds is 5. The number of hydrogen-bond acceptors (Lipinski definition) is 4. The van der Waals surface area contributed by atoms with Crippen LogP contribution in [0.4, 0.5) is 5.69 Å². The second-order valence-corrected chi connectivity index (χ2v) is 8.16. The summed E-state index contributed by atoms with van der Waals surface area (Å²) in [6.07, 6.45) is 7.61. The smallest absolute Gasteiger partial charge is 0.321 e. The Kier molecular flexibility index (Phi) is 6.49. The van der Waals surface area contributed by atoms with Crippen molar-refractivity contribution >= 4 is 17.6 Å². The summed E-state index contributed by atoms with van der Waals surface area (Å²) in [6, 6.07) is 14.3. The third-order valence-electron chi connectivity index (χ3n) is 4.60. The summed E-state index contributed by atoms with van der Waals surface area (Å²) in [6.45, 7) is 5.37. The van der Waals surface area contributed by atoms with Crippen molar-refractivity contribution in [3.63, 3.8) is 0 Å². The maximum atomic E-state index is 12.7. The minimum Gasteiger partial charge on any atom is -0.321 e. The fourth-order valence-electron chi connectivity index (χ4n) is 3.16. The van der Waals surface area contributed by atoms with Gasteiger partial charge in [-0.25, -0.2) is 4.79 Å². The molecule has 0 bridgehead atoms. The number of carbonyl (C=O) groups is 2. The number of carbonyl (C=O) groups excluding carboxylic acids is 2. The molecule has 0 fully saturated rings. The van der Waals surface area contributed by atoms with E-state index >= 15 is 0 Å². The van der Waals surface area contributed by atoms with Crippen molar-refractivity contribution in [1.82, 2.24) is 0 Å². The van der Waals surface area contributed by atoms with E-state index in [2.05, 4.69) is 17.5 Å². The number of hydrogen-bond donors (Lipinski definition) is 1. The molecule has 1 aliphatic carbocycles. The Balaban J connectivity index is 1.89. The van der Waals surface area contributed by atoms with Crippen molar-refractivity contribution in [2.45, 2.75) is 51.6 Å². The lowest BCUT2D eigenvalue weighted by Crippen LogP contribution is -2.23. The van der Waals surface area contributed by atoms with Crippen molar-refractivity contribution in [2.75, 3.05) is 5.32 Å². The maximum Gasteiger partial charge on any atom is 0.375 e. The molecule has 2 aromatic carbocycles. The standard InChI is InChI=1S/C24H27NO4/c1-24(2,3)29-28-23(27)20-15-14-19(17-10-6-4-7-11-17)16-21(20)25-22(26)18-12-8-5-9-13-18/h5-6,8-10,12-17H,4,7,11H2,1-3H3,(H,25,26). The summed E-state index contributed by atoms with van der Waals surface area (Å²) in [4.78, 5) is 35.5. The first-order valence-electron chi connectivity index (χ1n) is 9.90. The van der Waals surface area contributed by atoms with Gasteiger partial charge in [0.2, 0.25) is 0 Å². The van der Waals surface area contributed by atoms with Gasteiger partial charge in [-0.2, -0.15) is 4.89 Å². The first-order valence-corrected chi connectivity index (χ1v) is 9.90. The van der Waals surface area contributed by atoms with Gasteiger partial charge in [-0.3, -0.25) is 9.68 Å². The average molecular weight is 393 g/mol. The minimum absolute atomic E-state index is 0.252. The summed E-state index contributed by atoms with van der Waals surface area (Å²) in [7, 11) is 0. The Morgan fingerprint density at radius 3 is 2.48 bits per heavy atom. The van der Waals surface area contributed by atoms with Crippen LogP contribution in [0.3, 0.4) is 0 Å². The molecule has 5 heteroatoms. The minimum atomic E-state index is -0.644. The molecule has 152 valence electrons. The molecule has 1 aliphatic rings. The predicted molar refractivity (Wildman–Crippen MR) is 113 cm³/mol. The van der Waals surface area contributed by atoms with Gasteiger partial charge in [-0.15, -0.1) is 0 Å². The van der Waals surface area contributed by atoms with Crippen LogP contribution >= 0.6 is 0 Å². The fourth-order valence-corrected chi connectivity index (χ4v) is 3.16. The van der Waals surface area contributed by atoms with Gasteiger partial charge in [0, 0.05) is 11.5 Å². The number of amides is 1. The topological polar surface area (TPSA) is 64.6 Å². The van der Waals surface area contributed by atoms with E-state index in [0.29, 0.717) is 11.3 Å². The largest absolute Gasteiger partial charge is 0.375 e. The van der Waals surface area contributed by atoms with Gasteiger partial charge in [0.1, 0.15) is 5.60 Å². The number of benzene rings is 2. The Bertz CT molecular complexity index is 897. The van der Waals surface area contributed by atoms with Crippen LogP contribution < -0.4 is 5.32 Å². The zero-order valence-electron chi connectivity index (χ0n) is 17.1. The number of anilines is 1. The summed E-state index contributed by atoms with van der Waals surface area (Å²) in [5.74, 6) is -0.659. The fraction of sp³-hybridized carbons (Fsp3) is 0.333. The van der Waals surface area contributed by atoms with E-state index in [4.69, 9.17) is 9.78 Å². The van der Waals surface area contributed by atoms with Gasteiger partial charge in [-0.1, -0.05) is 36.4 Å². The highest BCUT2D eigenvalue weighted by Crippen LogP contribution is 2.31. The molecule has 0 saturated heterocycles. The van der Waals surface area contributed by atoms with Crippen molar-refractivity contribution in [3.05, 3.63) is 77.4 Å². The van der Waals surface area contributed by atoms with Gasteiger partial charge in [0.25, 0.3) is 5.91 Å². The molecule has 1 amide bonds. The molecule has 0 heterocycles. The normalized spacial score (nSPS) is 16.3. The highest BCUT2D eigenvalue weighted by Gasteiger charge is 2.22. The molecular weight excluding hydrogens is 366 g/mol. The number of allylic oxidation sites excluding steroid dienone is 2. The molecule has 1 unspecified atom stereocenters. The van der Waals surface area contributed by atoms with E-state index in [1.165, 1.54) is 0 Å². The molecule has 1 atom stereocenters. The van der Waals surface area contributed by atoms with Gasteiger partial charge in [0.05, 0.1) is 11.3 Å². The van der Waals surface area contributed by atoms with E-state index in [-0.39, 0.29) is 17.4 Å². The number of nitrogens with one attached hydrogen (secondary N) is 1. The SMILES string of the molecule is CC(C)(C)OOC(=O)c1ccc(C2C=CCCC2)cc1NC(=O)c1ccccc1. The summed E-state index contributed by atoms with van der Waals surface area (Å²) >= 11 is 0. The quantitative estimate of drug-likeness (QED) is 0.405. The molecule has 2 aromatic rings. The molecule has 1 N–H and O–H groups in total. The molecular formula is C24H27NO4. The van der Waals surface area contributed by atoms with Gasteiger partial charge >= 0.3 is 5.97 Å². The van der Waals surface area contributed by atoms with Crippen LogP contribution in [0.25, 0.3) is 0 Å². The van der Waals surface area contributed by atoms with E-state index in [1.807, 2.05) is 18.2 Å². The molecule has 29 heavy (non-hydrogen) atoms. The molecule has 5 nitrogen and oxygen atoms in total. The summed E-state index contributed by atoms with van der Waals surface area (Å²) < 4.78 is 0. The van der Waals surface area contributed by atoms with Crippen LogP contribution in [-0.2, 0) is 9.78 Å². The van der Waals surface area contributed by atoms with E-state index in [9.17, 15) is 9.59 Å². The van der Waals surface area contributed by atoms with Crippen LogP contribution in [0.5, 0.6) is 0 Å². The van der Waals surface area contributed by atoms with Crippen molar-refractivity contribution in [3.8, 4) is 0 Å². The van der Waals surface area contributed by atoms with Gasteiger partial charge < -0.3 is 5.32 Å². The lowest BCUT2D eigenvalue weighted by Gasteiger charge is -2.20.